The molecule has 2 saturated heterocycles. The van der Waals surface area contributed by atoms with Crippen molar-refractivity contribution in [2.45, 2.75) is 13.0 Å². The molecule has 1 N–H and O–H groups in total. The molecule has 2 fully saturated rings. The van der Waals surface area contributed by atoms with Gasteiger partial charge < -0.3 is 10.2 Å². The van der Waals surface area contributed by atoms with Gasteiger partial charge in [0.25, 0.3) is 5.91 Å². The zero-order chi connectivity index (χ0) is 16.8. The predicted molar refractivity (Wildman–Crippen MR) is 100 cm³/mol. The lowest BCUT2D eigenvalue weighted by Gasteiger charge is -2.29. The summed E-state index contributed by atoms with van der Waals surface area (Å²) >= 11 is 6.22. The third-order valence-electron chi connectivity index (χ3n) is 5.43. The minimum atomic E-state index is -0.0253. The molecule has 5 nitrogen and oxygen atoms in total. The molecule has 0 bridgehead atoms. The van der Waals surface area contributed by atoms with E-state index < -0.39 is 0 Å². The van der Waals surface area contributed by atoms with E-state index in [0.717, 1.165) is 19.6 Å². The molecular formula is C18H22Cl2N4O. The van der Waals surface area contributed by atoms with Gasteiger partial charge in [-0.15, -0.1) is 12.4 Å². The van der Waals surface area contributed by atoms with Crippen molar-refractivity contribution in [1.82, 2.24) is 20.0 Å². The number of hydrogen-bond acceptors (Lipinski definition) is 3. The number of likely N-dealkylation sites (tertiary alicyclic amines) is 1. The molecule has 1 aromatic heterocycles. The first-order valence-electron chi connectivity index (χ1n) is 8.32. The fourth-order valence-electron chi connectivity index (χ4n) is 4.23. The Hall–Kier alpha value is -1.56. The van der Waals surface area contributed by atoms with Crippen molar-refractivity contribution < 1.29 is 4.79 Å². The van der Waals surface area contributed by atoms with Crippen LogP contribution in [0.25, 0.3) is 0 Å². The van der Waals surface area contributed by atoms with Crippen LogP contribution in [0.15, 0.2) is 30.5 Å². The number of halogens is 2. The Morgan fingerprint density at radius 2 is 2.08 bits per heavy atom. The lowest BCUT2D eigenvalue weighted by atomic mass is 9.87. The first-order valence-corrected chi connectivity index (χ1v) is 8.70. The smallest absolute Gasteiger partial charge is 0.274 e. The second kappa shape index (κ2) is 6.98. The van der Waals surface area contributed by atoms with E-state index in [-0.39, 0.29) is 24.4 Å². The van der Waals surface area contributed by atoms with Crippen molar-refractivity contribution in [3.63, 3.8) is 0 Å². The van der Waals surface area contributed by atoms with E-state index in [1.165, 1.54) is 17.3 Å². The van der Waals surface area contributed by atoms with Crippen LogP contribution in [0.2, 0.25) is 5.02 Å². The normalized spacial score (nSPS) is 24.9. The number of aromatic nitrogens is 2. The van der Waals surface area contributed by atoms with Crippen LogP contribution in [0.4, 0.5) is 0 Å². The Kier molecular flexibility index (Phi) is 5.09. The number of nitrogens with zero attached hydrogens (tertiary/aromatic N) is 3. The van der Waals surface area contributed by atoms with Crippen molar-refractivity contribution in [2.75, 3.05) is 19.6 Å². The van der Waals surface area contributed by atoms with Gasteiger partial charge in [0.15, 0.2) is 0 Å². The molecule has 2 aromatic rings. The number of carbonyl (C=O) groups excluding carboxylic acids is 1. The monoisotopic (exact) mass is 380 g/mol. The molecule has 0 unspecified atom stereocenters. The van der Waals surface area contributed by atoms with Gasteiger partial charge >= 0.3 is 0 Å². The van der Waals surface area contributed by atoms with Crippen molar-refractivity contribution in [2.24, 2.45) is 18.9 Å². The van der Waals surface area contributed by atoms with Crippen molar-refractivity contribution in [3.8, 4) is 0 Å². The molecule has 134 valence electrons. The van der Waals surface area contributed by atoms with Gasteiger partial charge in [0, 0.05) is 32.6 Å². The molecule has 7 heteroatoms. The number of fused-ring (bicyclic) bond motifs is 1. The molecule has 2 aliphatic rings. The Bertz CT molecular complexity index is 772. The zero-order valence-electron chi connectivity index (χ0n) is 14.3. The summed E-state index contributed by atoms with van der Waals surface area (Å²) in [5, 5.41) is 8.02. The average Bonchev–Trinajstić information content (AvgIpc) is 3.22. The Morgan fingerprint density at radius 3 is 2.76 bits per heavy atom. The Labute approximate surface area is 158 Å². The lowest BCUT2D eigenvalue weighted by Crippen LogP contribution is -2.36. The molecule has 25 heavy (non-hydrogen) atoms. The summed E-state index contributed by atoms with van der Waals surface area (Å²) in [6, 6.07) is 8.45. The highest BCUT2D eigenvalue weighted by Gasteiger charge is 2.47. The van der Waals surface area contributed by atoms with E-state index in [9.17, 15) is 4.79 Å². The quantitative estimate of drug-likeness (QED) is 0.871. The molecule has 1 aromatic carbocycles. The van der Waals surface area contributed by atoms with Crippen LogP contribution in [-0.4, -0.2) is 40.2 Å². The van der Waals surface area contributed by atoms with E-state index in [1.54, 1.807) is 11.7 Å². The molecule has 1 amide bonds. The van der Waals surface area contributed by atoms with Gasteiger partial charge in [0.2, 0.25) is 0 Å². The van der Waals surface area contributed by atoms with Crippen LogP contribution >= 0.6 is 24.0 Å². The molecular weight excluding hydrogens is 359 g/mol. The molecule has 2 aliphatic heterocycles. The maximum absolute atomic E-state index is 13.2. The second-order valence-corrected chi connectivity index (χ2v) is 7.21. The van der Waals surface area contributed by atoms with Gasteiger partial charge in [-0.3, -0.25) is 9.48 Å². The van der Waals surface area contributed by atoms with Gasteiger partial charge in [0.1, 0.15) is 5.69 Å². The number of benzene rings is 1. The van der Waals surface area contributed by atoms with Gasteiger partial charge in [-0.1, -0.05) is 35.9 Å². The fraction of sp³-hybridized carbons (Fsp3) is 0.444. The fourth-order valence-corrected chi connectivity index (χ4v) is 4.48. The number of rotatable bonds is 2. The minimum absolute atomic E-state index is 0. The van der Waals surface area contributed by atoms with Gasteiger partial charge in [0.05, 0.1) is 17.3 Å². The number of nitrogens with one attached hydrogen (secondary N) is 1. The Balaban J connectivity index is 0.00000182. The van der Waals surface area contributed by atoms with Crippen LogP contribution in [0.1, 0.15) is 27.7 Å². The molecule has 4 rings (SSSR count). The van der Waals surface area contributed by atoms with Crippen LogP contribution < -0.4 is 5.32 Å². The van der Waals surface area contributed by atoms with Gasteiger partial charge in [-0.2, -0.15) is 5.10 Å². The number of amides is 1. The summed E-state index contributed by atoms with van der Waals surface area (Å²) in [4.78, 5) is 15.2. The second-order valence-electron chi connectivity index (χ2n) is 6.81. The van der Waals surface area contributed by atoms with E-state index in [1.807, 2.05) is 11.0 Å². The van der Waals surface area contributed by atoms with Crippen LogP contribution in [0, 0.1) is 18.8 Å². The highest BCUT2D eigenvalue weighted by Crippen LogP contribution is 2.44. The molecule has 3 heterocycles. The van der Waals surface area contributed by atoms with E-state index >= 15 is 0 Å². The number of hydrogen-bond donors (Lipinski definition) is 1. The van der Waals surface area contributed by atoms with Crippen molar-refractivity contribution >= 4 is 29.9 Å². The van der Waals surface area contributed by atoms with E-state index in [2.05, 4.69) is 35.5 Å². The Morgan fingerprint density at radius 1 is 1.32 bits per heavy atom. The topological polar surface area (TPSA) is 50.2 Å². The standard InChI is InChI=1S/C18H21ClN4O.ClH/c1-11-5-3-4-6-13(11)16-14-8-20-7-12(14)10-23(16)18(24)17-15(19)9-21-22(17)2;/h3-6,9,12,14,16,20H,7-8,10H2,1-2H3;1H/t12-,14-,16+;/m0./s1. The van der Waals surface area contributed by atoms with Gasteiger partial charge in [-0.05, 0) is 24.0 Å². The van der Waals surface area contributed by atoms with E-state index in [4.69, 9.17) is 11.6 Å². The van der Waals surface area contributed by atoms with Crippen molar-refractivity contribution in [3.05, 3.63) is 52.3 Å². The maximum Gasteiger partial charge on any atom is 0.274 e. The summed E-state index contributed by atoms with van der Waals surface area (Å²) < 4.78 is 1.58. The number of aryl methyl sites for hydroxylation is 2. The molecule has 3 atom stereocenters. The largest absolute Gasteiger partial charge is 0.330 e. The molecule has 0 saturated carbocycles. The van der Waals surface area contributed by atoms with Crippen LogP contribution in [-0.2, 0) is 7.05 Å². The third-order valence-corrected chi connectivity index (χ3v) is 5.71. The van der Waals surface area contributed by atoms with Crippen molar-refractivity contribution in [1.29, 1.82) is 0 Å². The third kappa shape index (κ3) is 2.94. The summed E-state index contributed by atoms with van der Waals surface area (Å²) in [5.41, 5.74) is 2.94. The predicted octanol–water partition coefficient (Wildman–Crippen LogP) is 2.84. The highest BCUT2D eigenvalue weighted by molar-refractivity contribution is 6.33. The summed E-state index contributed by atoms with van der Waals surface area (Å²) in [5.74, 6) is 0.912. The summed E-state index contributed by atoms with van der Waals surface area (Å²) in [6.45, 7) is 4.80. The molecule has 0 aliphatic carbocycles. The maximum atomic E-state index is 13.2. The zero-order valence-corrected chi connectivity index (χ0v) is 15.8. The first kappa shape index (κ1) is 18.2. The molecule has 0 spiro atoms. The highest BCUT2D eigenvalue weighted by atomic mass is 35.5. The SMILES string of the molecule is Cc1ccccc1[C@@H]1[C@H]2CNC[C@H]2CN1C(=O)c1c(Cl)cnn1C.Cl. The minimum Gasteiger partial charge on any atom is -0.330 e. The molecule has 0 radical (unpaired) electrons. The summed E-state index contributed by atoms with van der Waals surface area (Å²) in [7, 11) is 1.76. The van der Waals surface area contributed by atoms with E-state index in [0.29, 0.717) is 22.6 Å². The van der Waals surface area contributed by atoms with Crippen LogP contribution in [0.5, 0.6) is 0 Å². The lowest BCUT2D eigenvalue weighted by molar-refractivity contribution is 0.0702. The first-order chi connectivity index (χ1) is 11.6. The summed E-state index contributed by atoms with van der Waals surface area (Å²) in [6.07, 6.45) is 1.54. The average molecular weight is 381 g/mol. The van der Waals surface area contributed by atoms with Gasteiger partial charge in [-0.25, -0.2) is 0 Å². The van der Waals surface area contributed by atoms with Crippen LogP contribution in [0.3, 0.4) is 0 Å². The number of carbonyl (C=O) groups is 1.